The second kappa shape index (κ2) is 9.77. The van der Waals surface area contributed by atoms with Crippen LogP contribution >= 0.6 is 0 Å². The summed E-state index contributed by atoms with van der Waals surface area (Å²) < 4.78 is 23.7. The van der Waals surface area contributed by atoms with Crippen molar-refractivity contribution >= 4 is 23.8 Å². The van der Waals surface area contributed by atoms with Crippen molar-refractivity contribution in [2.45, 2.75) is 19.8 Å². The molecule has 1 aromatic heterocycles. The quantitative estimate of drug-likeness (QED) is 0.365. The monoisotopic (exact) mass is 488 g/mol. The maximum Gasteiger partial charge on any atom is 0.363 e. The minimum Gasteiger partial charge on any atom is -0.493 e. The van der Waals surface area contributed by atoms with Crippen molar-refractivity contribution < 1.29 is 23.7 Å². The van der Waals surface area contributed by atoms with E-state index in [0.29, 0.717) is 22.8 Å². The van der Waals surface area contributed by atoms with Gasteiger partial charge >= 0.3 is 5.97 Å². The second-order valence-electron chi connectivity index (χ2n) is 8.51. The SMILES string of the molecule is COc1cc(C2=N/C(=C\c3c(C)nn(-c4ccccc4)c3N3CCCC3)C(=O)O2)cc(OC)c1OC. The molecule has 0 aliphatic carbocycles. The molecular formula is C27H28N4O5. The lowest BCUT2D eigenvalue weighted by atomic mass is 10.1. The number of esters is 1. The van der Waals surface area contributed by atoms with E-state index < -0.39 is 5.97 Å². The molecule has 9 heteroatoms. The molecule has 0 spiro atoms. The summed E-state index contributed by atoms with van der Waals surface area (Å²) in [7, 11) is 4.59. The van der Waals surface area contributed by atoms with Gasteiger partial charge in [0.25, 0.3) is 0 Å². The highest BCUT2D eigenvalue weighted by Gasteiger charge is 2.29. The largest absolute Gasteiger partial charge is 0.493 e. The molecular weight excluding hydrogens is 460 g/mol. The van der Waals surface area contributed by atoms with Crippen molar-refractivity contribution in [1.29, 1.82) is 0 Å². The number of aryl methyl sites for hydroxylation is 1. The summed E-state index contributed by atoms with van der Waals surface area (Å²) in [4.78, 5) is 19.7. The smallest absolute Gasteiger partial charge is 0.363 e. The summed E-state index contributed by atoms with van der Waals surface area (Å²) in [6, 6.07) is 13.4. The standard InChI is InChI=1S/C27H28N4O5/c1-17-20(26(30-12-8-9-13-30)31(29-17)19-10-6-5-7-11-19)16-21-27(32)36-25(28-21)18-14-22(33-2)24(35-4)23(15-18)34-3/h5-7,10-11,14-16H,8-9,12-13H2,1-4H3/b21-16-. The van der Waals surface area contributed by atoms with E-state index in [2.05, 4.69) is 9.89 Å². The number of carbonyl (C=O) groups is 1. The first-order valence-electron chi connectivity index (χ1n) is 11.8. The molecule has 0 N–H and O–H groups in total. The summed E-state index contributed by atoms with van der Waals surface area (Å²) >= 11 is 0. The molecule has 186 valence electrons. The van der Waals surface area contributed by atoms with Crippen molar-refractivity contribution in [3.63, 3.8) is 0 Å². The van der Waals surface area contributed by atoms with Gasteiger partial charge in [-0.15, -0.1) is 0 Å². The zero-order chi connectivity index (χ0) is 25.2. The van der Waals surface area contributed by atoms with Crippen LogP contribution in [0.1, 0.15) is 29.7 Å². The highest BCUT2D eigenvalue weighted by atomic mass is 16.6. The van der Waals surface area contributed by atoms with Crippen LogP contribution < -0.4 is 19.1 Å². The lowest BCUT2D eigenvalue weighted by Gasteiger charge is -2.20. The summed E-state index contributed by atoms with van der Waals surface area (Å²) in [5.74, 6) is 1.93. The van der Waals surface area contributed by atoms with Crippen molar-refractivity contribution in [1.82, 2.24) is 9.78 Å². The van der Waals surface area contributed by atoms with Crippen LogP contribution in [-0.2, 0) is 9.53 Å². The van der Waals surface area contributed by atoms with Crippen molar-refractivity contribution in [2.75, 3.05) is 39.3 Å². The lowest BCUT2D eigenvalue weighted by molar-refractivity contribution is -0.129. The Bertz CT molecular complexity index is 1330. The molecule has 2 aliphatic heterocycles. The van der Waals surface area contributed by atoms with Crippen LogP contribution in [0.2, 0.25) is 0 Å². The summed E-state index contributed by atoms with van der Waals surface area (Å²) in [5, 5.41) is 4.82. The molecule has 3 aromatic rings. The van der Waals surface area contributed by atoms with Gasteiger partial charge < -0.3 is 23.8 Å². The number of aliphatic imine (C=N–C) groups is 1. The predicted octanol–water partition coefficient (Wildman–Crippen LogP) is 4.15. The molecule has 9 nitrogen and oxygen atoms in total. The number of ether oxygens (including phenoxy) is 4. The van der Waals surface area contributed by atoms with Crippen LogP contribution in [0.5, 0.6) is 17.2 Å². The van der Waals surface area contributed by atoms with Crippen LogP contribution in [0.25, 0.3) is 11.8 Å². The Morgan fingerprint density at radius 2 is 1.64 bits per heavy atom. The maximum atomic E-state index is 12.9. The topological polar surface area (TPSA) is 87.4 Å². The number of benzene rings is 2. The first-order chi connectivity index (χ1) is 17.5. The van der Waals surface area contributed by atoms with Crippen LogP contribution in [0.15, 0.2) is 53.2 Å². The Balaban J connectivity index is 1.59. The fourth-order valence-corrected chi connectivity index (χ4v) is 4.55. The Morgan fingerprint density at radius 1 is 0.972 bits per heavy atom. The fourth-order valence-electron chi connectivity index (χ4n) is 4.55. The Hall–Kier alpha value is -4.27. The van der Waals surface area contributed by atoms with E-state index in [1.54, 1.807) is 18.2 Å². The molecule has 1 fully saturated rings. The molecule has 2 aromatic carbocycles. The minimum atomic E-state index is -0.530. The molecule has 0 radical (unpaired) electrons. The first-order valence-corrected chi connectivity index (χ1v) is 11.8. The highest BCUT2D eigenvalue weighted by Crippen LogP contribution is 2.39. The first kappa shape index (κ1) is 23.5. The van der Waals surface area contributed by atoms with Gasteiger partial charge in [-0.2, -0.15) is 5.10 Å². The number of cyclic esters (lactones) is 1. The van der Waals surface area contributed by atoms with E-state index in [1.807, 2.05) is 41.9 Å². The van der Waals surface area contributed by atoms with Gasteiger partial charge in [0.05, 0.1) is 32.7 Å². The Labute approximate surface area is 209 Å². The number of hydrogen-bond acceptors (Lipinski definition) is 8. The van der Waals surface area contributed by atoms with Gasteiger partial charge in [-0.1, -0.05) is 18.2 Å². The Morgan fingerprint density at radius 3 is 2.25 bits per heavy atom. The zero-order valence-electron chi connectivity index (χ0n) is 20.8. The highest BCUT2D eigenvalue weighted by molar-refractivity contribution is 6.13. The molecule has 3 heterocycles. The average molecular weight is 489 g/mol. The molecule has 5 rings (SSSR count). The summed E-state index contributed by atoms with van der Waals surface area (Å²) in [5.41, 5.74) is 3.36. The number of anilines is 1. The minimum absolute atomic E-state index is 0.168. The van der Waals surface area contributed by atoms with E-state index in [0.717, 1.165) is 48.7 Å². The third-order valence-electron chi connectivity index (χ3n) is 6.30. The number of methoxy groups -OCH3 is 3. The van der Waals surface area contributed by atoms with Crippen LogP contribution in [-0.4, -0.2) is 56.1 Å². The molecule has 1 saturated heterocycles. The van der Waals surface area contributed by atoms with Gasteiger partial charge in [0.2, 0.25) is 11.6 Å². The molecule has 2 aliphatic rings. The summed E-state index contributed by atoms with van der Waals surface area (Å²) in [6.45, 7) is 3.80. The van der Waals surface area contributed by atoms with E-state index in [4.69, 9.17) is 24.0 Å². The summed E-state index contributed by atoms with van der Waals surface area (Å²) in [6.07, 6.45) is 3.99. The number of aromatic nitrogens is 2. The van der Waals surface area contributed by atoms with Gasteiger partial charge in [-0.3, -0.25) is 0 Å². The molecule has 36 heavy (non-hydrogen) atoms. The van der Waals surface area contributed by atoms with Gasteiger partial charge in [0, 0.05) is 24.2 Å². The van der Waals surface area contributed by atoms with Gasteiger partial charge in [0.15, 0.2) is 17.2 Å². The number of nitrogens with zero attached hydrogens (tertiary/aromatic N) is 4. The molecule has 0 bridgehead atoms. The van der Waals surface area contributed by atoms with E-state index in [9.17, 15) is 4.79 Å². The average Bonchev–Trinajstić information content (AvgIpc) is 3.64. The fraction of sp³-hybridized carbons (Fsp3) is 0.296. The third-order valence-corrected chi connectivity index (χ3v) is 6.30. The molecule has 0 amide bonds. The number of rotatable bonds is 7. The Kier molecular flexibility index (Phi) is 6.37. The van der Waals surface area contributed by atoms with Crippen molar-refractivity contribution in [3.8, 4) is 22.9 Å². The molecule has 0 saturated carbocycles. The predicted molar refractivity (Wildman–Crippen MR) is 136 cm³/mol. The van der Waals surface area contributed by atoms with Crippen molar-refractivity contribution in [2.24, 2.45) is 4.99 Å². The maximum absolute atomic E-state index is 12.9. The zero-order valence-corrected chi connectivity index (χ0v) is 20.8. The van der Waals surface area contributed by atoms with Gasteiger partial charge in [0.1, 0.15) is 5.82 Å². The van der Waals surface area contributed by atoms with Gasteiger partial charge in [-0.25, -0.2) is 14.5 Å². The van der Waals surface area contributed by atoms with E-state index >= 15 is 0 Å². The van der Waals surface area contributed by atoms with Gasteiger partial charge in [-0.05, 0) is 50.1 Å². The molecule has 0 unspecified atom stereocenters. The molecule has 0 atom stereocenters. The second-order valence-corrected chi connectivity index (χ2v) is 8.51. The number of carbonyl (C=O) groups excluding carboxylic acids is 1. The van der Waals surface area contributed by atoms with Crippen LogP contribution in [0, 0.1) is 6.92 Å². The normalized spacial score (nSPS) is 16.3. The van der Waals surface area contributed by atoms with Crippen molar-refractivity contribution in [3.05, 3.63) is 65.0 Å². The third kappa shape index (κ3) is 4.17. The van der Waals surface area contributed by atoms with E-state index in [1.165, 1.54) is 21.3 Å². The number of para-hydroxylation sites is 1. The van der Waals surface area contributed by atoms with Crippen LogP contribution in [0.4, 0.5) is 5.82 Å². The van der Waals surface area contributed by atoms with Crippen LogP contribution in [0.3, 0.4) is 0 Å². The number of hydrogen-bond donors (Lipinski definition) is 0. The van der Waals surface area contributed by atoms with E-state index in [-0.39, 0.29) is 11.6 Å². The lowest BCUT2D eigenvalue weighted by Crippen LogP contribution is -2.22.